The normalized spacial score (nSPS) is 19.3. The van der Waals surface area contributed by atoms with Crippen LogP contribution in [0.25, 0.3) is 16.5 Å². The van der Waals surface area contributed by atoms with Crippen LogP contribution in [0.3, 0.4) is 0 Å². The van der Waals surface area contributed by atoms with E-state index >= 15 is 0 Å². The molecule has 0 unspecified atom stereocenters. The maximum atomic E-state index is 13.1. The van der Waals surface area contributed by atoms with Gasteiger partial charge in [-0.1, -0.05) is 17.4 Å². The van der Waals surface area contributed by atoms with E-state index in [4.69, 9.17) is 4.42 Å². The van der Waals surface area contributed by atoms with E-state index in [2.05, 4.69) is 22.5 Å². The molecule has 8 heteroatoms. The minimum Gasteiger partial charge on any atom is -0.451 e. The number of aromatic nitrogens is 3. The van der Waals surface area contributed by atoms with E-state index in [9.17, 15) is 9.59 Å². The van der Waals surface area contributed by atoms with Crippen molar-refractivity contribution in [3.8, 4) is 0 Å². The van der Waals surface area contributed by atoms with Crippen molar-refractivity contribution in [2.24, 2.45) is 0 Å². The minimum absolute atomic E-state index is 0.0174. The average molecular weight is 446 g/mol. The topological polar surface area (TPSA) is 84.5 Å². The molecule has 0 bridgehead atoms. The first-order valence-electron chi connectivity index (χ1n) is 11.8. The molecule has 3 aromatic rings. The Morgan fingerprint density at radius 3 is 2.85 bits per heavy atom. The van der Waals surface area contributed by atoms with Crippen LogP contribution in [-0.4, -0.2) is 61.8 Å². The number of hydrogen-bond donors (Lipinski definition) is 0. The Balaban J connectivity index is 1.16. The summed E-state index contributed by atoms with van der Waals surface area (Å²) in [5.41, 5.74) is 3.03. The number of carbonyl (C=O) groups excluding carboxylic acids is 2. The summed E-state index contributed by atoms with van der Waals surface area (Å²) in [6, 6.07) is 7.90. The molecule has 2 aromatic heterocycles. The Labute approximate surface area is 191 Å². The second-order valence-corrected chi connectivity index (χ2v) is 9.40. The summed E-state index contributed by atoms with van der Waals surface area (Å²) in [5.74, 6) is 0.564. The van der Waals surface area contributed by atoms with Crippen molar-refractivity contribution >= 4 is 28.4 Å². The van der Waals surface area contributed by atoms with Crippen molar-refractivity contribution in [3.05, 3.63) is 54.1 Å². The van der Waals surface area contributed by atoms with Crippen LogP contribution < -0.4 is 0 Å². The number of fused-ring (bicyclic) bond motifs is 1. The highest BCUT2D eigenvalue weighted by Gasteiger charge is 2.53. The quantitative estimate of drug-likeness (QED) is 0.600. The fourth-order valence-corrected chi connectivity index (χ4v) is 5.29. The van der Waals surface area contributed by atoms with Crippen molar-refractivity contribution in [2.75, 3.05) is 19.6 Å². The van der Waals surface area contributed by atoms with Crippen LogP contribution in [0.15, 0.2) is 47.2 Å². The number of likely N-dealkylation sites (tertiary alicyclic amines) is 1. The zero-order chi connectivity index (χ0) is 22.4. The number of benzene rings is 1. The second kappa shape index (κ2) is 7.86. The third-order valence-electron chi connectivity index (χ3n) is 7.30. The van der Waals surface area contributed by atoms with E-state index in [-0.39, 0.29) is 17.4 Å². The van der Waals surface area contributed by atoms with E-state index in [0.29, 0.717) is 25.3 Å². The Bertz CT molecular complexity index is 1240. The summed E-state index contributed by atoms with van der Waals surface area (Å²) < 4.78 is 7.62. The predicted octanol–water partition coefficient (Wildman–Crippen LogP) is 3.50. The van der Waals surface area contributed by atoms with Gasteiger partial charge in [0.15, 0.2) is 5.76 Å². The predicted molar refractivity (Wildman–Crippen MR) is 122 cm³/mol. The molecule has 0 N–H and O–H groups in total. The van der Waals surface area contributed by atoms with Crippen LogP contribution in [-0.2, 0) is 11.3 Å². The molecule has 2 aliphatic heterocycles. The minimum atomic E-state index is 0.0174. The van der Waals surface area contributed by atoms with Gasteiger partial charge >= 0.3 is 0 Å². The molecule has 3 aliphatic rings. The number of hydrogen-bond acceptors (Lipinski definition) is 5. The lowest BCUT2D eigenvalue weighted by Crippen LogP contribution is -2.36. The lowest BCUT2D eigenvalue weighted by molar-refractivity contribution is -0.131. The van der Waals surface area contributed by atoms with Crippen LogP contribution in [0.1, 0.15) is 54.6 Å². The monoisotopic (exact) mass is 445 g/mol. The van der Waals surface area contributed by atoms with Crippen molar-refractivity contribution in [1.29, 1.82) is 0 Å². The van der Waals surface area contributed by atoms with Gasteiger partial charge in [-0.2, -0.15) is 0 Å². The summed E-state index contributed by atoms with van der Waals surface area (Å²) >= 11 is 0. The number of nitrogens with zero attached hydrogens (tertiary/aromatic N) is 5. The van der Waals surface area contributed by atoms with Crippen LogP contribution in [0, 0.1) is 0 Å². The maximum Gasteiger partial charge on any atom is 0.290 e. The third kappa shape index (κ3) is 3.73. The van der Waals surface area contributed by atoms with E-state index in [1.165, 1.54) is 0 Å². The van der Waals surface area contributed by atoms with Gasteiger partial charge in [-0.25, -0.2) is 0 Å². The molecular weight excluding hydrogens is 418 g/mol. The van der Waals surface area contributed by atoms with Crippen molar-refractivity contribution in [2.45, 2.75) is 50.6 Å². The SMILES string of the molecule is O=C(CCn1ccnn1)N1CCC=C(c2ccc3oc(C(=O)N4CCCC45CC5)cc3c2)C1. The molecule has 170 valence electrons. The highest BCUT2D eigenvalue weighted by molar-refractivity contribution is 5.97. The Morgan fingerprint density at radius 2 is 2.03 bits per heavy atom. The molecule has 8 nitrogen and oxygen atoms in total. The number of aryl methyl sites for hydroxylation is 1. The largest absolute Gasteiger partial charge is 0.451 e. The summed E-state index contributed by atoms with van der Waals surface area (Å²) in [4.78, 5) is 29.7. The fraction of sp³-hybridized carbons (Fsp3) is 0.440. The molecule has 1 saturated heterocycles. The molecule has 6 rings (SSSR count). The molecular formula is C25H27N5O3. The van der Waals surface area contributed by atoms with E-state index in [0.717, 1.165) is 67.3 Å². The zero-order valence-corrected chi connectivity index (χ0v) is 18.6. The number of carbonyl (C=O) groups is 2. The van der Waals surface area contributed by atoms with Gasteiger partial charge in [0.05, 0.1) is 12.7 Å². The molecule has 0 atom stereocenters. The number of furan rings is 1. The van der Waals surface area contributed by atoms with Gasteiger partial charge in [0, 0.05) is 43.2 Å². The molecule has 2 fully saturated rings. The Morgan fingerprint density at radius 1 is 1.12 bits per heavy atom. The first kappa shape index (κ1) is 20.2. The summed E-state index contributed by atoms with van der Waals surface area (Å²) in [5, 5.41) is 8.63. The zero-order valence-electron chi connectivity index (χ0n) is 18.6. The van der Waals surface area contributed by atoms with Gasteiger partial charge in [-0.05, 0) is 61.4 Å². The van der Waals surface area contributed by atoms with Crippen LogP contribution in [0.4, 0.5) is 0 Å². The van der Waals surface area contributed by atoms with E-state index in [1.807, 2.05) is 28.0 Å². The second-order valence-electron chi connectivity index (χ2n) is 9.40. The standard InChI is InChI=1S/C25H27N5O3/c31-23(6-13-29-14-10-26-27-29)28-11-1-3-19(17-28)18-4-5-21-20(15-18)16-22(33-21)24(32)30-12-2-7-25(30)8-9-25/h3-5,10,14-16H,1-2,6-9,11-13,17H2. The van der Waals surface area contributed by atoms with Crippen LogP contribution in [0.5, 0.6) is 0 Å². The summed E-state index contributed by atoms with van der Waals surface area (Å²) in [6.07, 6.45) is 11.2. The Hall–Kier alpha value is -3.42. The first-order valence-corrected chi connectivity index (χ1v) is 11.8. The molecule has 1 spiro atoms. The molecule has 2 amide bonds. The fourth-order valence-electron chi connectivity index (χ4n) is 5.29. The van der Waals surface area contributed by atoms with Gasteiger partial charge < -0.3 is 14.2 Å². The van der Waals surface area contributed by atoms with Gasteiger partial charge in [0.25, 0.3) is 5.91 Å². The Kier molecular flexibility index (Phi) is 4.81. The van der Waals surface area contributed by atoms with Crippen LogP contribution >= 0.6 is 0 Å². The molecule has 1 aromatic carbocycles. The smallest absolute Gasteiger partial charge is 0.290 e. The van der Waals surface area contributed by atoms with Crippen molar-refractivity contribution in [1.82, 2.24) is 24.8 Å². The highest BCUT2D eigenvalue weighted by atomic mass is 16.3. The lowest BCUT2D eigenvalue weighted by atomic mass is 9.99. The van der Waals surface area contributed by atoms with E-state index < -0.39 is 0 Å². The van der Waals surface area contributed by atoms with Crippen molar-refractivity contribution in [3.63, 3.8) is 0 Å². The third-order valence-corrected chi connectivity index (χ3v) is 7.30. The van der Waals surface area contributed by atoms with Gasteiger partial charge in [0.2, 0.25) is 5.91 Å². The maximum absolute atomic E-state index is 13.1. The first-order chi connectivity index (χ1) is 16.1. The van der Waals surface area contributed by atoms with E-state index in [1.54, 1.807) is 17.1 Å². The number of rotatable bonds is 5. The van der Waals surface area contributed by atoms with Gasteiger partial charge in [-0.15, -0.1) is 5.10 Å². The molecule has 0 radical (unpaired) electrons. The highest BCUT2D eigenvalue weighted by Crippen LogP contribution is 2.50. The van der Waals surface area contributed by atoms with Crippen molar-refractivity contribution < 1.29 is 14.0 Å². The summed E-state index contributed by atoms with van der Waals surface area (Å²) in [7, 11) is 0. The lowest BCUT2D eigenvalue weighted by Gasteiger charge is -2.27. The van der Waals surface area contributed by atoms with Gasteiger partial charge in [0.1, 0.15) is 5.58 Å². The molecule has 33 heavy (non-hydrogen) atoms. The molecule has 1 aliphatic carbocycles. The molecule has 1 saturated carbocycles. The average Bonchev–Trinajstić information content (AvgIpc) is 3.20. The van der Waals surface area contributed by atoms with Gasteiger partial charge in [-0.3, -0.25) is 14.3 Å². The summed E-state index contributed by atoms with van der Waals surface area (Å²) in [6.45, 7) is 2.67. The van der Waals surface area contributed by atoms with Crippen LogP contribution in [0.2, 0.25) is 0 Å². The molecule has 4 heterocycles. The number of amides is 2.